The highest BCUT2D eigenvalue weighted by Gasteiger charge is 2.20. The van der Waals surface area contributed by atoms with Crippen molar-refractivity contribution in [2.24, 2.45) is 0 Å². The van der Waals surface area contributed by atoms with Crippen LogP contribution < -0.4 is 31.9 Å². The van der Waals surface area contributed by atoms with Crippen LogP contribution in [0.4, 0.5) is 22.7 Å². The summed E-state index contributed by atoms with van der Waals surface area (Å²) in [4.78, 5) is 79.9. The van der Waals surface area contributed by atoms with Gasteiger partial charge in [0.2, 0.25) is 0 Å². The summed E-state index contributed by atoms with van der Waals surface area (Å²) >= 11 is 0. The molecule has 0 saturated carbocycles. The van der Waals surface area contributed by atoms with Gasteiger partial charge in [0, 0.05) is 67.5 Å². The zero-order valence-corrected chi connectivity index (χ0v) is 32.0. The maximum absolute atomic E-state index is 13.8. The van der Waals surface area contributed by atoms with Gasteiger partial charge in [-0.05, 0) is 110 Å². The highest BCUT2D eigenvalue weighted by Crippen LogP contribution is 2.22. The standard InChI is InChI=1S/C48H38N6O6/c55-43(31-13-4-1-5-14-31)49-37-19-10-22-40(28-37)52-46(58)34-25-35(47(59)53-41-23-11-20-38(29-41)50-44(56)32-15-6-2-7-16-32)27-36(26-34)48(60)54-42-24-12-21-39(30-42)51-45(57)33-17-8-3-9-18-33/h1-11,13-20,22-30H,12,21H2,(H,49,55)(H,50,56)(H,51,57)(H,52,58)(H,53,59)(H,54,60). The van der Waals surface area contributed by atoms with Crippen LogP contribution in [0.15, 0.2) is 181 Å². The second kappa shape index (κ2) is 18.7. The molecule has 0 atom stereocenters. The topological polar surface area (TPSA) is 175 Å². The zero-order chi connectivity index (χ0) is 41.8. The van der Waals surface area contributed by atoms with Gasteiger partial charge in [-0.25, -0.2) is 0 Å². The Kier molecular flexibility index (Phi) is 12.4. The smallest absolute Gasteiger partial charge is 0.255 e. The lowest BCUT2D eigenvalue weighted by atomic mass is 10.0. The van der Waals surface area contributed by atoms with E-state index in [9.17, 15) is 28.8 Å². The summed E-state index contributed by atoms with van der Waals surface area (Å²) in [6.07, 6.45) is 4.57. The van der Waals surface area contributed by atoms with Crippen LogP contribution in [0.1, 0.15) is 75.0 Å². The van der Waals surface area contributed by atoms with E-state index in [0.717, 1.165) is 0 Å². The molecule has 60 heavy (non-hydrogen) atoms. The van der Waals surface area contributed by atoms with Crippen molar-refractivity contribution < 1.29 is 28.8 Å². The number of nitrogens with one attached hydrogen (secondary N) is 6. The molecule has 1 aliphatic rings. The second-order valence-electron chi connectivity index (χ2n) is 13.7. The van der Waals surface area contributed by atoms with Crippen molar-refractivity contribution in [3.05, 3.63) is 215 Å². The van der Waals surface area contributed by atoms with E-state index in [1.807, 2.05) is 24.3 Å². The predicted octanol–water partition coefficient (Wildman–Crippen LogP) is 8.42. The Morgan fingerprint density at radius 1 is 0.333 bits per heavy atom. The van der Waals surface area contributed by atoms with Crippen LogP contribution in [-0.4, -0.2) is 35.4 Å². The Morgan fingerprint density at radius 2 is 0.667 bits per heavy atom. The number of amides is 6. The number of anilines is 4. The fourth-order valence-electron chi connectivity index (χ4n) is 6.26. The van der Waals surface area contributed by atoms with Crippen molar-refractivity contribution in [2.75, 3.05) is 21.3 Å². The summed E-state index contributed by atoms with van der Waals surface area (Å²) in [5, 5.41) is 17.0. The van der Waals surface area contributed by atoms with Gasteiger partial charge >= 0.3 is 0 Å². The molecule has 296 valence electrons. The Bertz CT molecular complexity index is 2530. The molecular formula is C48H38N6O6. The van der Waals surface area contributed by atoms with E-state index in [2.05, 4.69) is 31.9 Å². The largest absolute Gasteiger partial charge is 0.326 e. The molecule has 0 saturated heterocycles. The van der Waals surface area contributed by atoms with Crippen molar-refractivity contribution in [3.63, 3.8) is 0 Å². The van der Waals surface area contributed by atoms with Gasteiger partial charge in [-0.15, -0.1) is 0 Å². The van der Waals surface area contributed by atoms with Gasteiger partial charge < -0.3 is 31.9 Å². The molecule has 0 aliphatic heterocycles. The minimum Gasteiger partial charge on any atom is -0.326 e. The summed E-state index contributed by atoms with van der Waals surface area (Å²) in [6, 6.07) is 43.4. The average molecular weight is 795 g/mol. The Morgan fingerprint density at radius 3 is 1.05 bits per heavy atom. The molecule has 1 aliphatic carbocycles. The molecule has 0 bridgehead atoms. The number of hydrogen-bond acceptors (Lipinski definition) is 6. The third-order valence-electron chi connectivity index (χ3n) is 9.22. The molecule has 0 unspecified atom stereocenters. The van der Waals surface area contributed by atoms with Crippen molar-refractivity contribution in [1.29, 1.82) is 0 Å². The lowest BCUT2D eigenvalue weighted by molar-refractivity contribution is 0.0959. The molecule has 6 amide bonds. The number of carbonyl (C=O) groups excluding carboxylic acids is 6. The van der Waals surface area contributed by atoms with Gasteiger partial charge in [-0.3, -0.25) is 28.8 Å². The maximum atomic E-state index is 13.8. The zero-order valence-electron chi connectivity index (χ0n) is 32.0. The van der Waals surface area contributed by atoms with Crippen LogP contribution in [0.25, 0.3) is 0 Å². The monoisotopic (exact) mass is 794 g/mol. The Hall–Kier alpha value is -8.38. The summed E-state index contributed by atoms with van der Waals surface area (Å²) in [5.74, 6) is -2.79. The molecule has 12 nitrogen and oxygen atoms in total. The van der Waals surface area contributed by atoms with E-state index in [1.54, 1.807) is 127 Å². The summed E-state index contributed by atoms with van der Waals surface area (Å²) in [7, 11) is 0. The van der Waals surface area contributed by atoms with E-state index in [0.29, 0.717) is 63.7 Å². The molecule has 7 rings (SSSR count). The number of rotatable bonds is 12. The third-order valence-corrected chi connectivity index (χ3v) is 9.22. The molecular weight excluding hydrogens is 757 g/mol. The van der Waals surface area contributed by atoms with E-state index in [4.69, 9.17) is 0 Å². The SMILES string of the molecule is O=C(NC1=CCCC(NC(=O)c2ccccc2)=C1)c1cc(C(=O)Nc2cccc(NC(=O)c3ccccc3)c2)cc(C(=O)Nc2cccc(NC(=O)c3ccccc3)c2)c1. The van der Waals surface area contributed by atoms with Gasteiger partial charge in [-0.2, -0.15) is 0 Å². The van der Waals surface area contributed by atoms with Gasteiger partial charge in [0.1, 0.15) is 0 Å². The molecule has 0 fully saturated rings. The highest BCUT2D eigenvalue weighted by atomic mass is 16.2. The molecule has 0 aromatic heterocycles. The molecule has 6 aromatic rings. The quantitative estimate of drug-likeness (QED) is 0.0725. The van der Waals surface area contributed by atoms with E-state index in [-0.39, 0.29) is 34.4 Å². The first-order valence-electron chi connectivity index (χ1n) is 19.0. The van der Waals surface area contributed by atoms with Crippen LogP contribution in [0.5, 0.6) is 0 Å². The molecule has 12 heteroatoms. The summed E-state index contributed by atoms with van der Waals surface area (Å²) in [6.45, 7) is 0. The Balaban J connectivity index is 1.11. The lowest BCUT2D eigenvalue weighted by Gasteiger charge is -2.17. The van der Waals surface area contributed by atoms with Crippen LogP contribution in [0, 0.1) is 0 Å². The van der Waals surface area contributed by atoms with Gasteiger partial charge in [0.25, 0.3) is 35.4 Å². The molecule has 0 radical (unpaired) electrons. The first-order valence-corrected chi connectivity index (χ1v) is 19.0. The fourth-order valence-corrected chi connectivity index (χ4v) is 6.26. The van der Waals surface area contributed by atoms with E-state index < -0.39 is 17.7 Å². The van der Waals surface area contributed by atoms with Crippen molar-refractivity contribution >= 4 is 58.2 Å². The molecule has 0 spiro atoms. The van der Waals surface area contributed by atoms with Crippen LogP contribution >= 0.6 is 0 Å². The number of hydrogen-bond donors (Lipinski definition) is 6. The molecule has 6 aromatic carbocycles. The lowest BCUT2D eigenvalue weighted by Crippen LogP contribution is -2.28. The predicted molar refractivity (Wildman–Crippen MR) is 231 cm³/mol. The highest BCUT2D eigenvalue weighted by molar-refractivity contribution is 6.12. The van der Waals surface area contributed by atoms with Gasteiger partial charge in [0.15, 0.2) is 0 Å². The van der Waals surface area contributed by atoms with Crippen molar-refractivity contribution in [2.45, 2.75) is 12.8 Å². The van der Waals surface area contributed by atoms with E-state index in [1.165, 1.54) is 18.2 Å². The van der Waals surface area contributed by atoms with Crippen LogP contribution in [0.2, 0.25) is 0 Å². The second-order valence-corrected chi connectivity index (χ2v) is 13.7. The first kappa shape index (κ1) is 39.8. The van der Waals surface area contributed by atoms with E-state index >= 15 is 0 Å². The van der Waals surface area contributed by atoms with Crippen LogP contribution in [0.3, 0.4) is 0 Å². The third kappa shape index (κ3) is 10.5. The normalized spacial score (nSPS) is 11.8. The first-order chi connectivity index (χ1) is 29.2. The minimum atomic E-state index is -0.626. The maximum Gasteiger partial charge on any atom is 0.255 e. The van der Waals surface area contributed by atoms with Crippen LogP contribution in [-0.2, 0) is 0 Å². The average Bonchev–Trinajstić information content (AvgIpc) is 3.27. The van der Waals surface area contributed by atoms with Crippen molar-refractivity contribution in [1.82, 2.24) is 10.6 Å². The summed E-state index contributed by atoms with van der Waals surface area (Å²) in [5.41, 5.74) is 4.04. The number of benzene rings is 6. The van der Waals surface area contributed by atoms with Gasteiger partial charge in [-0.1, -0.05) is 72.8 Å². The Labute approximate surface area is 345 Å². The molecule has 0 heterocycles. The fraction of sp³-hybridized carbons (Fsp3) is 0.0417. The minimum absolute atomic E-state index is 0.000575. The number of allylic oxidation sites excluding steroid dienone is 3. The summed E-state index contributed by atoms with van der Waals surface area (Å²) < 4.78 is 0. The van der Waals surface area contributed by atoms with Gasteiger partial charge in [0.05, 0.1) is 0 Å². The molecule has 6 N–H and O–H groups in total. The van der Waals surface area contributed by atoms with Crippen molar-refractivity contribution in [3.8, 4) is 0 Å². The number of carbonyl (C=O) groups is 6.